The summed E-state index contributed by atoms with van der Waals surface area (Å²) in [6.07, 6.45) is 0.690. The van der Waals surface area contributed by atoms with Crippen LogP contribution < -0.4 is 20.7 Å². The molecule has 2 heterocycles. The molecule has 162 valence electrons. The first-order valence-electron chi connectivity index (χ1n) is 10.5. The van der Waals surface area contributed by atoms with Crippen LogP contribution in [0.5, 0.6) is 11.5 Å². The standard InChI is InChI=1S/C25H29N3O3/c1-14-10-15(2)23(16(3)11-14)26-22-13-20-18-8-9-21(30-6)24(31-7)19(18)12-17(4)28(20)25(29)27(22)5/h8-11,13,17H,12H2,1-7H3/t17-/m0/s1. The van der Waals surface area contributed by atoms with Gasteiger partial charge >= 0.3 is 5.69 Å². The van der Waals surface area contributed by atoms with E-state index < -0.39 is 0 Å². The summed E-state index contributed by atoms with van der Waals surface area (Å²) < 4.78 is 14.6. The van der Waals surface area contributed by atoms with E-state index in [2.05, 4.69) is 39.8 Å². The molecular weight excluding hydrogens is 390 g/mol. The minimum absolute atomic E-state index is 0.0147. The first kappa shape index (κ1) is 21.0. The van der Waals surface area contributed by atoms with Gasteiger partial charge in [0.2, 0.25) is 0 Å². The fraction of sp³-hybridized carbons (Fsp3) is 0.360. The third kappa shape index (κ3) is 3.36. The predicted octanol–water partition coefficient (Wildman–Crippen LogP) is 4.15. The minimum Gasteiger partial charge on any atom is -0.493 e. The molecule has 0 fully saturated rings. The molecule has 1 atom stereocenters. The molecule has 4 rings (SSSR count). The second-order valence-corrected chi connectivity index (χ2v) is 8.34. The number of nitrogens with zero attached hydrogens (tertiary/aromatic N) is 3. The van der Waals surface area contributed by atoms with Crippen molar-refractivity contribution in [2.75, 3.05) is 14.2 Å². The lowest BCUT2D eigenvalue weighted by Gasteiger charge is -2.29. The van der Waals surface area contributed by atoms with Crippen LogP contribution in [0.4, 0.5) is 5.69 Å². The molecule has 0 spiro atoms. The smallest absolute Gasteiger partial charge is 0.330 e. The Morgan fingerprint density at radius 3 is 2.32 bits per heavy atom. The van der Waals surface area contributed by atoms with Gasteiger partial charge in [0.1, 0.15) is 5.49 Å². The monoisotopic (exact) mass is 419 g/mol. The highest BCUT2D eigenvalue weighted by atomic mass is 16.5. The number of hydrogen-bond acceptors (Lipinski definition) is 4. The molecule has 0 aliphatic carbocycles. The van der Waals surface area contributed by atoms with E-state index in [0.29, 0.717) is 17.7 Å². The van der Waals surface area contributed by atoms with Gasteiger partial charge < -0.3 is 9.47 Å². The maximum absolute atomic E-state index is 13.4. The first-order chi connectivity index (χ1) is 14.8. The summed E-state index contributed by atoms with van der Waals surface area (Å²) in [4.78, 5) is 18.3. The third-order valence-corrected chi connectivity index (χ3v) is 6.09. The van der Waals surface area contributed by atoms with Gasteiger partial charge in [0.15, 0.2) is 11.5 Å². The van der Waals surface area contributed by atoms with Crippen molar-refractivity contribution in [2.45, 2.75) is 40.2 Å². The molecule has 1 aliphatic heterocycles. The molecule has 3 aromatic rings. The number of fused-ring (bicyclic) bond motifs is 3. The SMILES string of the molecule is COc1ccc2c(c1OC)C[C@H](C)n1c-2cc(=Nc2c(C)cc(C)cc2C)n(C)c1=O. The second-order valence-electron chi connectivity index (χ2n) is 8.34. The van der Waals surface area contributed by atoms with Crippen LogP contribution in [0.2, 0.25) is 0 Å². The summed E-state index contributed by atoms with van der Waals surface area (Å²) in [7, 11) is 5.07. The number of benzene rings is 2. The Labute approximate surface area is 182 Å². The van der Waals surface area contributed by atoms with Crippen molar-refractivity contribution in [1.82, 2.24) is 9.13 Å². The summed E-state index contributed by atoms with van der Waals surface area (Å²) in [5.74, 6) is 1.42. The molecule has 1 aromatic heterocycles. The van der Waals surface area contributed by atoms with Gasteiger partial charge in [-0.25, -0.2) is 9.79 Å². The van der Waals surface area contributed by atoms with Gasteiger partial charge in [0.05, 0.1) is 25.6 Å². The lowest BCUT2D eigenvalue weighted by Crippen LogP contribution is -2.41. The molecule has 6 heteroatoms. The Morgan fingerprint density at radius 1 is 1.03 bits per heavy atom. The number of methoxy groups -OCH3 is 2. The summed E-state index contributed by atoms with van der Waals surface area (Å²) in [6, 6.07) is 10.1. The van der Waals surface area contributed by atoms with Gasteiger partial charge in [-0.3, -0.25) is 9.13 Å². The van der Waals surface area contributed by atoms with Crippen molar-refractivity contribution in [3.63, 3.8) is 0 Å². The fourth-order valence-electron chi connectivity index (χ4n) is 4.68. The van der Waals surface area contributed by atoms with E-state index in [1.165, 1.54) is 5.56 Å². The number of aromatic nitrogens is 2. The molecule has 31 heavy (non-hydrogen) atoms. The summed E-state index contributed by atoms with van der Waals surface area (Å²) in [6.45, 7) is 8.24. The van der Waals surface area contributed by atoms with Gasteiger partial charge in [0, 0.05) is 30.3 Å². The zero-order valence-electron chi connectivity index (χ0n) is 19.2. The van der Waals surface area contributed by atoms with Crippen molar-refractivity contribution in [3.05, 3.63) is 68.6 Å². The average Bonchev–Trinajstić information content (AvgIpc) is 2.72. The van der Waals surface area contributed by atoms with Crippen LogP contribution >= 0.6 is 0 Å². The minimum atomic E-state index is -0.0772. The van der Waals surface area contributed by atoms with Crippen LogP contribution in [0.3, 0.4) is 0 Å². The number of rotatable bonds is 3. The van der Waals surface area contributed by atoms with E-state index in [1.807, 2.05) is 22.8 Å². The Kier molecular flexibility index (Phi) is 5.25. The molecule has 6 nitrogen and oxygen atoms in total. The van der Waals surface area contributed by atoms with E-state index in [1.54, 1.807) is 25.8 Å². The number of hydrogen-bond donors (Lipinski definition) is 0. The second kappa shape index (κ2) is 7.76. The van der Waals surface area contributed by atoms with Gasteiger partial charge in [-0.05, 0) is 57.4 Å². The van der Waals surface area contributed by atoms with Crippen molar-refractivity contribution in [2.24, 2.45) is 12.0 Å². The van der Waals surface area contributed by atoms with Crippen molar-refractivity contribution in [1.29, 1.82) is 0 Å². The fourth-order valence-corrected chi connectivity index (χ4v) is 4.68. The summed E-state index contributed by atoms with van der Waals surface area (Å²) in [5, 5.41) is 0. The molecule has 0 N–H and O–H groups in total. The molecule has 1 aliphatic rings. The van der Waals surface area contributed by atoms with Crippen LogP contribution in [-0.2, 0) is 13.5 Å². The Bertz CT molecular complexity index is 1290. The number of aryl methyl sites for hydroxylation is 3. The van der Waals surface area contributed by atoms with E-state index in [9.17, 15) is 4.79 Å². The average molecular weight is 420 g/mol. The Morgan fingerprint density at radius 2 is 1.71 bits per heavy atom. The number of ether oxygens (including phenoxy) is 2. The largest absolute Gasteiger partial charge is 0.493 e. The molecule has 0 unspecified atom stereocenters. The highest BCUT2D eigenvalue weighted by Crippen LogP contribution is 2.42. The molecule has 0 saturated carbocycles. The Balaban J connectivity index is 2.04. The van der Waals surface area contributed by atoms with Crippen molar-refractivity contribution >= 4 is 5.69 Å². The van der Waals surface area contributed by atoms with Crippen LogP contribution in [0, 0.1) is 20.8 Å². The molecule has 0 amide bonds. The molecule has 2 aromatic carbocycles. The normalized spacial score (nSPS) is 15.5. The summed E-state index contributed by atoms with van der Waals surface area (Å²) >= 11 is 0. The lowest BCUT2D eigenvalue weighted by molar-refractivity contribution is 0.348. The highest BCUT2D eigenvalue weighted by molar-refractivity contribution is 5.72. The van der Waals surface area contributed by atoms with Crippen molar-refractivity contribution < 1.29 is 9.47 Å². The van der Waals surface area contributed by atoms with Gasteiger partial charge in [0.25, 0.3) is 0 Å². The highest BCUT2D eigenvalue weighted by Gasteiger charge is 2.28. The molecular formula is C25H29N3O3. The Hall–Kier alpha value is -3.28. The summed E-state index contributed by atoms with van der Waals surface area (Å²) in [5.41, 5.74) is 7.71. The van der Waals surface area contributed by atoms with Gasteiger partial charge in [-0.2, -0.15) is 0 Å². The van der Waals surface area contributed by atoms with Crippen molar-refractivity contribution in [3.8, 4) is 22.8 Å². The van der Waals surface area contributed by atoms with Gasteiger partial charge in [-0.1, -0.05) is 17.7 Å². The van der Waals surface area contributed by atoms with E-state index in [4.69, 9.17) is 14.5 Å². The lowest BCUT2D eigenvalue weighted by atomic mass is 9.92. The van der Waals surface area contributed by atoms with Crippen LogP contribution in [0.1, 0.15) is 35.2 Å². The van der Waals surface area contributed by atoms with E-state index >= 15 is 0 Å². The van der Waals surface area contributed by atoms with E-state index in [0.717, 1.165) is 39.4 Å². The van der Waals surface area contributed by atoms with Crippen LogP contribution in [0.15, 0.2) is 40.1 Å². The predicted molar refractivity (Wildman–Crippen MR) is 123 cm³/mol. The van der Waals surface area contributed by atoms with E-state index in [-0.39, 0.29) is 11.7 Å². The van der Waals surface area contributed by atoms with Crippen LogP contribution in [-0.4, -0.2) is 23.4 Å². The maximum atomic E-state index is 13.4. The molecule has 0 bridgehead atoms. The third-order valence-electron chi connectivity index (χ3n) is 6.09. The zero-order valence-corrected chi connectivity index (χ0v) is 19.2. The van der Waals surface area contributed by atoms with Gasteiger partial charge in [-0.15, -0.1) is 0 Å². The maximum Gasteiger partial charge on any atom is 0.330 e. The quantitative estimate of drug-likeness (QED) is 0.641. The molecule has 0 radical (unpaired) electrons. The molecule has 0 saturated heterocycles. The topological polar surface area (TPSA) is 57.8 Å². The first-order valence-corrected chi connectivity index (χ1v) is 10.5. The zero-order chi connectivity index (χ0) is 22.4. The van der Waals surface area contributed by atoms with Crippen LogP contribution in [0.25, 0.3) is 11.3 Å².